The average Bonchev–Trinajstić information content (AvgIpc) is 2.38. The van der Waals surface area contributed by atoms with Crippen LogP contribution in [-0.2, 0) is 4.79 Å². The third-order valence-electron chi connectivity index (χ3n) is 3.72. The van der Waals surface area contributed by atoms with E-state index in [2.05, 4.69) is 9.97 Å². The molecule has 1 N–H and O–H groups in total. The van der Waals surface area contributed by atoms with Gasteiger partial charge in [-0.25, -0.2) is 9.78 Å². The number of aryl methyl sites for hydroxylation is 1. The summed E-state index contributed by atoms with van der Waals surface area (Å²) in [4.78, 5) is 22.1. The van der Waals surface area contributed by atoms with Gasteiger partial charge in [-0.2, -0.15) is 4.98 Å². The summed E-state index contributed by atoms with van der Waals surface area (Å²) in [7, 11) is 0. The average molecular weight is 279 g/mol. The third kappa shape index (κ3) is 2.69. The van der Waals surface area contributed by atoms with Crippen LogP contribution in [0.15, 0.2) is 6.07 Å². The fraction of sp³-hybridized carbons (Fsp3) is 0.643. The molecule has 0 aliphatic carbocycles. The van der Waals surface area contributed by atoms with Crippen LogP contribution in [0.2, 0.25) is 0 Å². The Kier molecular flexibility index (Phi) is 4.11. The second kappa shape index (κ2) is 5.64. The summed E-state index contributed by atoms with van der Waals surface area (Å²) in [6.07, 6.45) is 2.51. The number of carbonyl (C=O) groups is 1. The first-order valence-corrected chi connectivity index (χ1v) is 6.97. The topological polar surface area (TPSA) is 75.5 Å². The molecule has 0 bridgehead atoms. The molecule has 1 aromatic rings. The van der Waals surface area contributed by atoms with E-state index < -0.39 is 11.5 Å². The maximum absolute atomic E-state index is 11.6. The lowest BCUT2D eigenvalue weighted by atomic mass is 9.88. The van der Waals surface area contributed by atoms with E-state index in [-0.39, 0.29) is 0 Å². The van der Waals surface area contributed by atoms with E-state index in [1.54, 1.807) is 19.9 Å². The number of hydrogen-bond acceptors (Lipinski definition) is 5. The van der Waals surface area contributed by atoms with E-state index in [1.807, 2.05) is 11.8 Å². The van der Waals surface area contributed by atoms with Crippen molar-refractivity contribution in [1.29, 1.82) is 0 Å². The summed E-state index contributed by atoms with van der Waals surface area (Å²) >= 11 is 0. The van der Waals surface area contributed by atoms with Gasteiger partial charge in [-0.1, -0.05) is 0 Å². The second-order valence-corrected chi connectivity index (χ2v) is 5.23. The molecule has 6 nitrogen and oxygen atoms in total. The van der Waals surface area contributed by atoms with Crippen molar-refractivity contribution < 1.29 is 14.6 Å². The van der Waals surface area contributed by atoms with Crippen LogP contribution in [-0.4, -0.2) is 39.7 Å². The zero-order valence-electron chi connectivity index (χ0n) is 12.2. The first-order valence-electron chi connectivity index (χ1n) is 6.97. The van der Waals surface area contributed by atoms with Crippen molar-refractivity contribution in [3.8, 4) is 5.88 Å². The SMILES string of the molecule is CCOc1cc(N2CCCCC2(C)C(=O)O)nc(C)n1. The number of hydrogen-bond donors (Lipinski definition) is 1. The molecule has 0 aromatic carbocycles. The van der Waals surface area contributed by atoms with Crippen molar-refractivity contribution in [1.82, 2.24) is 9.97 Å². The maximum atomic E-state index is 11.6. The van der Waals surface area contributed by atoms with Crippen LogP contribution in [0.5, 0.6) is 5.88 Å². The molecule has 1 aliphatic heterocycles. The highest BCUT2D eigenvalue weighted by molar-refractivity contribution is 5.83. The first-order chi connectivity index (χ1) is 9.47. The molecule has 1 atom stereocenters. The quantitative estimate of drug-likeness (QED) is 0.908. The Morgan fingerprint density at radius 3 is 2.90 bits per heavy atom. The van der Waals surface area contributed by atoms with E-state index in [0.717, 1.165) is 12.8 Å². The predicted molar refractivity (Wildman–Crippen MR) is 75.2 cm³/mol. The molecular weight excluding hydrogens is 258 g/mol. The molecule has 1 fully saturated rings. The summed E-state index contributed by atoms with van der Waals surface area (Å²) in [5, 5.41) is 9.55. The van der Waals surface area contributed by atoms with Gasteiger partial charge in [0, 0.05) is 12.6 Å². The van der Waals surface area contributed by atoms with Gasteiger partial charge in [0.15, 0.2) is 0 Å². The fourth-order valence-electron chi connectivity index (χ4n) is 2.60. The van der Waals surface area contributed by atoms with Gasteiger partial charge in [-0.3, -0.25) is 0 Å². The van der Waals surface area contributed by atoms with E-state index >= 15 is 0 Å². The van der Waals surface area contributed by atoms with E-state index in [4.69, 9.17) is 4.74 Å². The van der Waals surface area contributed by atoms with Crippen LogP contribution in [0.25, 0.3) is 0 Å². The zero-order chi connectivity index (χ0) is 14.8. The normalized spacial score (nSPS) is 22.6. The predicted octanol–water partition coefficient (Wildman–Crippen LogP) is 2.02. The molecule has 6 heteroatoms. The summed E-state index contributed by atoms with van der Waals surface area (Å²) in [6.45, 7) is 6.64. The molecule has 1 aromatic heterocycles. The molecule has 1 unspecified atom stereocenters. The Labute approximate surface area is 118 Å². The molecule has 20 heavy (non-hydrogen) atoms. The van der Waals surface area contributed by atoms with Gasteiger partial charge in [-0.05, 0) is 40.0 Å². The molecule has 0 saturated carbocycles. The minimum Gasteiger partial charge on any atom is -0.480 e. The van der Waals surface area contributed by atoms with Crippen LogP contribution >= 0.6 is 0 Å². The van der Waals surface area contributed by atoms with Crippen LogP contribution in [0.1, 0.15) is 38.9 Å². The number of carboxylic acid groups (broad SMARTS) is 1. The van der Waals surface area contributed by atoms with Crippen LogP contribution < -0.4 is 9.64 Å². The largest absolute Gasteiger partial charge is 0.480 e. The van der Waals surface area contributed by atoms with Crippen molar-refractivity contribution in [2.24, 2.45) is 0 Å². The van der Waals surface area contributed by atoms with Gasteiger partial charge in [0.1, 0.15) is 17.2 Å². The number of aliphatic carboxylic acids is 1. The van der Waals surface area contributed by atoms with Crippen molar-refractivity contribution in [3.05, 3.63) is 11.9 Å². The van der Waals surface area contributed by atoms with Gasteiger partial charge in [0.25, 0.3) is 0 Å². The molecule has 2 rings (SSSR count). The minimum atomic E-state index is -0.914. The molecule has 110 valence electrons. The first kappa shape index (κ1) is 14.6. The molecular formula is C14H21N3O3. The summed E-state index contributed by atoms with van der Waals surface area (Å²) in [5.74, 6) is 0.898. The lowest BCUT2D eigenvalue weighted by Gasteiger charge is -2.42. The number of aromatic nitrogens is 2. The number of rotatable bonds is 4. The number of anilines is 1. The minimum absolute atomic E-state index is 0.494. The van der Waals surface area contributed by atoms with Gasteiger partial charge < -0.3 is 14.7 Å². The Balaban J connectivity index is 2.39. The number of carboxylic acids is 1. The molecule has 0 radical (unpaired) electrons. The lowest BCUT2D eigenvalue weighted by Crippen LogP contribution is -2.55. The van der Waals surface area contributed by atoms with Crippen LogP contribution in [0.3, 0.4) is 0 Å². The van der Waals surface area contributed by atoms with Gasteiger partial charge in [0.2, 0.25) is 5.88 Å². The summed E-state index contributed by atoms with van der Waals surface area (Å²) < 4.78 is 5.42. The smallest absolute Gasteiger partial charge is 0.329 e. The Hall–Kier alpha value is -1.85. The van der Waals surface area contributed by atoms with Crippen molar-refractivity contribution in [2.75, 3.05) is 18.1 Å². The van der Waals surface area contributed by atoms with Crippen LogP contribution in [0.4, 0.5) is 5.82 Å². The fourth-order valence-corrected chi connectivity index (χ4v) is 2.60. The van der Waals surface area contributed by atoms with Crippen molar-refractivity contribution >= 4 is 11.8 Å². The monoisotopic (exact) mass is 279 g/mol. The second-order valence-electron chi connectivity index (χ2n) is 5.23. The molecule has 1 saturated heterocycles. The van der Waals surface area contributed by atoms with Gasteiger partial charge in [-0.15, -0.1) is 0 Å². The number of nitrogens with zero attached hydrogens (tertiary/aromatic N) is 3. The lowest BCUT2D eigenvalue weighted by molar-refractivity contribution is -0.143. The molecule has 0 spiro atoms. The molecule has 0 amide bonds. The highest BCUT2D eigenvalue weighted by Gasteiger charge is 2.42. The van der Waals surface area contributed by atoms with E-state index in [9.17, 15) is 9.90 Å². The highest BCUT2D eigenvalue weighted by Crippen LogP contribution is 2.33. The Morgan fingerprint density at radius 1 is 1.50 bits per heavy atom. The third-order valence-corrected chi connectivity index (χ3v) is 3.72. The van der Waals surface area contributed by atoms with Gasteiger partial charge in [0.05, 0.1) is 6.61 Å². The summed E-state index contributed by atoms with van der Waals surface area (Å²) in [6, 6.07) is 1.73. The maximum Gasteiger partial charge on any atom is 0.329 e. The highest BCUT2D eigenvalue weighted by atomic mass is 16.5. The zero-order valence-corrected chi connectivity index (χ0v) is 12.2. The Morgan fingerprint density at radius 2 is 2.25 bits per heavy atom. The number of piperidine rings is 1. The van der Waals surface area contributed by atoms with E-state index in [1.165, 1.54) is 0 Å². The number of ether oxygens (including phenoxy) is 1. The summed E-state index contributed by atoms with van der Waals surface area (Å²) in [5.41, 5.74) is -0.914. The molecule has 2 heterocycles. The Bertz CT molecular complexity index is 506. The van der Waals surface area contributed by atoms with E-state index in [0.29, 0.717) is 37.1 Å². The van der Waals surface area contributed by atoms with Crippen LogP contribution in [0, 0.1) is 6.92 Å². The van der Waals surface area contributed by atoms with Gasteiger partial charge >= 0.3 is 5.97 Å². The molecule has 1 aliphatic rings. The van der Waals surface area contributed by atoms with Crippen molar-refractivity contribution in [2.45, 2.75) is 45.6 Å². The standard InChI is InChI=1S/C14H21N3O3/c1-4-20-12-9-11(15-10(2)16-12)17-8-6-5-7-14(17,3)13(18)19/h9H,4-8H2,1-3H3,(H,18,19). The van der Waals surface area contributed by atoms with Crippen molar-refractivity contribution in [3.63, 3.8) is 0 Å².